The monoisotopic (exact) mass is 526 g/mol. The van der Waals surface area contributed by atoms with Gasteiger partial charge in [0.25, 0.3) is 0 Å². The van der Waals surface area contributed by atoms with Gasteiger partial charge in [0, 0.05) is 42.1 Å². The predicted octanol–water partition coefficient (Wildman–Crippen LogP) is 8.67. The van der Waals surface area contributed by atoms with E-state index in [9.17, 15) is 9.59 Å². The first kappa shape index (κ1) is 20.6. The van der Waals surface area contributed by atoms with Crippen molar-refractivity contribution in [3.05, 3.63) is 77.7 Å². The highest BCUT2D eigenvalue weighted by atomic mass is 32.1. The third-order valence-corrected chi connectivity index (χ3v) is 12.2. The molecule has 0 atom stereocenters. The Hall–Kier alpha value is -3.34. The molecule has 0 N–H and O–H groups in total. The Labute approximate surface area is 225 Å². The van der Waals surface area contributed by atoms with Crippen molar-refractivity contribution in [1.82, 2.24) is 0 Å². The number of thiophene rings is 2. The summed E-state index contributed by atoms with van der Waals surface area (Å²) in [6, 6.07) is 13.1. The Morgan fingerprint density at radius 2 is 0.921 bits per heavy atom. The molecule has 0 spiro atoms. The second kappa shape index (κ2) is 6.80. The number of hydrogen-bond donors (Lipinski definition) is 0. The minimum atomic E-state index is 0.184. The molecule has 4 heteroatoms. The Kier molecular flexibility index (Phi) is 3.69. The van der Waals surface area contributed by atoms with Crippen LogP contribution in [0.4, 0.5) is 0 Å². The topological polar surface area (TPSA) is 34.1 Å². The minimum Gasteiger partial charge on any atom is -0.288 e. The molecule has 2 aromatic heterocycles. The van der Waals surface area contributed by atoms with Crippen molar-refractivity contribution in [1.29, 1.82) is 0 Å². The number of benzene rings is 6. The Bertz CT molecular complexity index is 2270. The normalized spacial score (nSPS) is 16.3. The van der Waals surface area contributed by atoms with E-state index in [0.29, 0.717) is 0 Å². The third kappa shape index (κ3) is 2.25. The van der Waals surface area contributed by atoms with Gasteiger partial charge in [-0.05, 0) is 107 Å². The van der Waals surface area contributed by atoms with E-state index >= 15 is 0 Å². The zero-order valence-electron chi connectivity index (χ0n) is 20.8. The molecule has 0 saturated heterocycles. The number of rotatable bonds is 0. The zero-order valence-corrected chi connectivity index (χ0v) is 22.4. The molecule has 10 rings (SSSR count). The molecule has 0 aliphatic heterocycles. The van der Waals surface area contributed by atoms with Gasteiger partial charge in [-0.2, -0.15) is 0 Å². The maximum atomic E-state index is 14.1. The average molecular weight is 527 g/mol. The molecule has 2 nitrogen and oxygen atoms in total. The van der Waals surface area contributed by atoms with E-state index in [1.165, 1.54) is 78.9 Å². The first-order valence-corrected chi connectivity index (χ1v) is 15.5. The van der Waals surface area contributed by atoms with E-state index in [4.69, 9.17) is 0 Å². The standard InChI is InChI=1S/C34H22O2S2/c35-31-21-13-16-10-12-20-28-22(32(36)34-30(20)18-6-2-4-8-24(18)38-34)14-15-9-11-19(27(21)25(15)26(16)28)29-17-5-1-3-7-23(17)37-33(29)31/h9-14H,1-8H2. The molecule has 0 unspecified atom stereocenters. The summed E-state index contributed by atoms with van der Waals surface area (Å²) in [4.78, 5) is 30.9. The molecule has 8 aromatic rings. The molecule has 6 aromatic carbocycles. The summed E-state index contributed by atoms with van der Waals surface area (Å²) in [5.41, 5.74) is 3.20. The summed E-state index contributed by atoms with van der Waals surface area (Å²) < 4.78 is 1.88. The average Bonchev–Trinajstić information content (AvgIpc) is 3.54. The van der Waals surface area contributed by atoms with Crippen molar-refractivity contribution in [2.24, 2.45) is 0 Å². The van der Waals surface area contributed by atoms with Gasteiger partial charge >= 0.3 is 0 Å². The summed E-state index contributed by atoms with van der Waals surface area (Å²) in [6.07, 6.45) is 9.16. The fourth-order valence-electron chi connectivity index (χ4n) is 8.07. The Balaban J connectivity index is 1.50. The highest BCUT2D eigenvalue weighted by Gasteiger charge is 2.27. The number of aryl methyl sites for hydroxylation is 4. The zero-order chi connectivity index (χ0) is 24.9. The molecule has 2 heterocycles. The molecule has 0 amide bonds. The van der Waals surface area contributed by atoms with Crippen LogP contribution in [0, 0.1) is 0 Å². The molecule has 2 aliphatic carbocycles. The molecule has 182 valence electrons. The Morgan fingerprint density at radius 3 is 1.39 bits per heavy atom. The quantitative estimate of drug-likeness (QED) is 0.146. The van der Waals surface area contributed by atoms with Gasteiger partial charge in [0.1, 0.15) is 0 Å². The lowest BCUT2D eigenvalue weighted by Crippen LogP contribution is -2.06. The largest absolute Gasteiger partial charge is 0.288 e. The van der Waals surface area contributed by atoms with E-state index in [1.54, 1.807) is 22.7 Å². The molecular formula is C34H22O2S2. The number of hydrogen-bond acceptors (Lipinski definition) is 4. The lowest BCUT2D eigenvalue weighted by atomic mass is 9.83. The minimum absolute atomic E-state index is 0.184. The number of fused-ring (bicyclic) bond motifs is 8. The summed E-state index contributed by atoms with van der Waals surface area (Å²) >= 11 is 3.48. The Morgan fingerprint density at radius 1 is 0.474 bits per heavy atom. The van der Waals surface area contributed by atoms with Gasteiger partial charge in [-0.3, -0.25) is 9.59 Å². The maximum absolute atomic E-state index is 14.1. The van der Waals surface area contributed by atoms with Crippen LogP contribution in [0.5, 0.6) is 0 Å². The van der Waals surface area contributed by atoms with E-state index in [2.05, 4.69) is 36.4 Å². The highest BCUT2D eigenvalue weighted by Crippen LogP contribution is 2.48. The van der Waals surface area contributed by atoms with Gasteiger partial charge in [-0.25, -0.2) is 0 Å². The third-order valence-electron chi connectivity index (χ3n) is 9.65. The smallest absolute Gasteiger partial charge is 0.204 e. The van der Waals surface area contributed by atoms with E-state index in [1.807, 2.05) is 0 Å². The first-order chi connectivity index (χ1) is 18.7. The van der Waals surface area contributed by atoms with E-state index in [0.717, 1.165) is 67.4 Å². The molecule has 0 radical (unpaired) electrons. The van der Waals surface area contributed by atoms with Gasteiger partial charge in [-0.15, -0.1) is 22.7 Å². The fourth-order valence-corrected chi connectivity index (χ4v) is 10.8. The second-order valence-electron chi connectivity index (χ2n) is 11.5. The second-order valence-corrected chi connectivity index (χ2v) is 13.7. The fraction of sp³-hybridized carbons (Fsp3) is 0.235. The highest BCUT2D eigenvalue weighted by molar-refractivity contribution is 7.20. The van der Waals surface area contributed by atoms with Crippen LogP contribution in [-0.2, 0) is 25.7 Å². The SMILES string of the molecule is O=c1c2cc3ccc4c5c6c(sc5c(=O)c5cc7ccc(c8c9c(sc18)CCCC9)c2c7c3c54)CCCC6. The molecule has 0 fully saturated rings. The van der Waals surface area contributed by atoms with Crippen molar-refractivity contribution in [2.45, 2.75) is 51.4 Å². The van der Waals surface area contributed by atoms with Crippen LogP contribution in [0.15, 0.2) is 46.0 Å². The molecular weight excluding hydrogens is 505 g/mol. The van der Waals surface area contributed by atoms with Gasteiger partial charge in [0.2, 0.25) is 10.9 Å². The van der Waals surface area contributed by atoms with E-state index < -0.39 is 0 Å². The summed E-state index contributed by atoms with van der Waals surface area (Å²) in [5.74, 6) is 0. The van der Waals surface area contributed by atoms with E-state index in [-0.39, 0.29) is 10.9 Å². The lowest BCUT2D eigenvalue weighted by Gasteiger charge is -2.18. The van der Waals surface area contributed by atoms with Crippen molar-refractivity contribution in [3.8, 4) is 0 Å². The van der Waals surface area contributed by atoms with Crippen LogP contribution in [0.2, 0.25) is 0 Å². The first-order valence-electron chi connectivity index (χ1n) is 13.9. The van der Waals surface area contributed by atoms with Gasteiger partial charge < -0.3 is 0 Å². The van der Waals surface area contributed by atoms with Gasteiger partial charge in [0.05, 0.1) is 9.40 Å². The van der Waals surface area contributed by atoms with Crippen molar-refractivity contribution in [2.75, 3.05) is 0 Å². The van der Waals surface area contributed by atoms with Gasteiger partial charge in [-0.1, -0.05) is 24.3 Å². The van der Waals surface area contributed by atoms with Crippen LogP contribution in [-0.4, -0.2) is 0 Å². The van der Waals surface area contributed by atoms with Crippen molar-refractivity contribution >= 4 is 96.7 Å². The van der Waals surface area contributed by atoms with Crippen LogP contribution >= 0.6 is 22.7 Å². The van der Waals surface area contributed by atoms with Crippen LogP contribution in [0.1, 0.15) is 46.6 Å². The molecule has 0 bridgehead atoms. The predicted molar refractivity (Wildman–Crippen MR) is 164 cm³/mol. The summed E-state index contributed by atoms with van der Waals surface area (Å²) in [6.45, 7) is 0. The van der Waals surface area contributed by atoms with Crippen molar-refractivity contribution < 1.29 is 0 Å². The molecule has 0 saturated carbocycles. The van der Waals surface area contributed by atoms with Crippen molar-refractivity contribution in [3.63, 3.8) is 0 Å². The molecule has 2 aliphatic rings. The van der Waals surface area contributed by atoms with Crippen LogP contribution in [0.25, 0.3) is 74.0 Å². The summed E-state index contributed by atoms with van der Waals surface area (Å²) in [7, 11) is 0. The molecule has 38 heavy (non-hydrogen) atoms. The lowest BCUT2D eigenvalue weighted by molar-refractivity contribution is 0.700. The van der Waals surface area contributed by atoms with Crippen LogP contribution < -0.4 is 10.9 Å². The van der Waals surface area contributed by atoms with Gasteiger partial charge in [0.15, 0.2) is 0 Å². The maximum Gasteiger partial charge on any atom is 0.204 e. The summed E-state index contributed by atoms with van der Waals surface area (Å²) in [5, 5.41) is 13.2. The van der Waals surface area contributed by atoms with Crippen LogP contribution in [0.3, 0.4) is 0 Å².